The minimum absolute atomic E-state index is 0.201. The van der Waals surface area contributed by atoms with Crippen LogP contribution in [0.25, 0.3) is 5.95 Å². The zero-order valence-corrected chi connectivity index (χ0v) is 10.7. The number of hydrogen-bond donors (Lipinski definition) is 2. The molecule has 0 aromatic carbocycles. The van der Waals surface area contributed by atoms with Gasteiger partial charge >= 0.3 is 0 Å². The fraction of sp³-hybridized carbons (Fsp3) is 0.455. The van der Waals surface area contributed by atoms with Crippen LogP contribution in [0, 0.1) is 0 Å². The van der Waals surface area contributed by atoms with Gasteiger partial charge < -0.3 is 16.0 Å². The van der Waals surface area contributed by atoms with Crippen LogP contribution in [-0.2, 0) is 0 Å². The number of aromatic nitrogens is 5. The lowest BCUT2D eigenvalue weighted by Crippen LogP contribution is -2.25. The largest absolute Gasteiger partial charge is 0.368 e. The van der Waals surface area contributed by atoms with E-state index in [0.717, 1.165) is 19.5 Å². The first kappa shape index (κ1) is 11.8. The summed E-state index contributed by atoms with van der Waals surface area (Å²) in [7, 11) is 2.10. The number of nitrogens with two attached hydrogens (primary N) is 1. The van der Waals surface area contributed by atoms with Crippen molar-refractivity contribution in [3.05, 3.63) is 18.7 Å². The highest BCUT2D eigenvalue weighted by Gasteiger charge is 2.20. The monoisotopic (exact) mass is 260 g/mol. The minimum Gasteiger partial charge on any atom is -0.368 e. The number of likely N-dealkylation sites (N-methyl/N-ethyl adjacent to an activating group) is 1. The second kappa shape index (κ2) is 4.81. The molecule has 100 valence electrons. The van der Waals surface area contributed by atoms with Crippen molar-refractivity contribution in [2.75, 3.05) is 31.2 Å². The Morgan fingerprint density at radius 1 is 1.37 bits per heavy atom. The van der Waals surface area contributed by atoms with Crippen molar-refractivity contribution in [3.63, 3.8) is 0 Å². The third kappa shape index (κ3) is 2.63. The molecule has 3 N–H and O–H groups in total. The fourth-order valence-electron chi connectivity index (χ4n) is 2.17. The molecule has 3 heterocycles. The Morgan fingerprint density at radius 3 is 2.95 bits per heavy atom. The molecule has 19 heavy (non-hydrogen) atoms. The molecule has 1 fully saturated rings. The van der Waals surface area contributed by atoms with Crippen LogP contribution in [0.15, 0.2) is 18.7 Å². The van der Waals surface area contributed by atoms with Gasteiger partial charge in [-0.25, -0.2) is 4.98 Å². The summed E-state index contributed by atoms with van der Waals surface area (Å²) in [6, 6.07) is 0.349. The Bertz CT molecular complexity index is 552. The average Bonchev–Trinajstić information content (AvgIpc) is 3.00. The van der Waals surface area contributed by atoms with Crippen LogP contribution in [-0.4, -0.2) is 55.6 Å². The van der Waals surface area contributed by atoms with Crippen LogP contribution < -0.4 is 11.1 Å². The molecule has 1 aliphatic rings. The van der Waals surface area contributed by atoms with Gasteiger partial charge in [0.25, 0.3) is 0 Å². The summed E-state index contributed by atoms with van der Waals surface area (Å²) in [5.74, 6) is 1.18. The predicted molar refractivity (Wildman–Crippen MR) is 70.9 cm³/mol. The molecule has 0 aliphatic carbocycles. The van der Waals surface area contributed by atoms with E-state index >= 15 is 0 Å². The number of likely N-dealkylation sites (tertiary alicyclic amines) is 1. The topological polar surface area (TPSA) is 97.8 Å². The van der Waals surface area contributed by atoms with E-state index in [0.29, 0.717) is 17.9 Å². The molecule has 3 rings (SSSR count). The first-order chi connectivity index (χ1) is 9.20. The molecule has 8 nitrogen and oxygen atoms in total. The van der Waals surface area contributed by atoms with E-state index in [4.69, 9.17) is 5.73 Å². The summed E-state index contributed by atoms with van der Waals surface area (Å²) >= 11 is 0. The van der Waals surface area contributed by atoms with E-state index in [9.17, 15) is 0 Å². The van der Waals surface area contributed by atoms with Crippen molar-refractivity contribution >= 4 is 11.9 Å². The molecule has 1 atom stereocenters. The van der Waals surface area contributed by atoms with Gasteiger partial charge in [-0.3, -0.25) is 4.57 Å². The number of imidazole rings is 1. The number of rotatable bonds is 3. The fourth-order valence-corrected chi connectivity index (χ4v) is 2.17. The first-order valence-electron chi connectivity index (χ1n) is 6.15. The lowest BCUT2D eigenvalue weighted by Gasteiger charge is -2.13. The second-order valence-electron chi connectivity index (χ2n) is 4.68. The lowest BCUT2D eigenvalue weighted by atomic mass is 10.3. The smallest absolute Gasteiger partial charge is 0.241 e. The van der Waals surface area contributed by atoms with Crippen LogP contribution in [0.4, 0.5) is 11.9 Å². The van der Waals surface area contributed by atoms with Crippen molar-refractivity contribution in [1.29, 1.82) is 0 Å². The number of anilines is 2. The zero-order chi connectivity index (χ0) is 13.2. The average molecular weight is 260 g/mol. The highest BCUT2D eigenvalue weighted by atomic mass is 15.3. The van der Waals surface area contributed by atoms with Crippen LogP contribution in [0.3, 0.4) is 0 Å². The molecule has 8 heteroatoms. The maximum absolute atomic E-state index is 5.72. The van der Waals surface area contributed by atoms with Gasteiger partial charge in [0.1, 0.15) is 6.33 Å². The minimum atomic E-state index is 0.201. The molecule has 0 radical (unpaired) electrons. The third-order valence-corrected chi connectivity index (χ3v) is 3.10. The summed E-state index contributed by atoms with van der Waals surface area (Å²) in [4.78, 5) is 18.8. The van der Waals surface area contributed by atoms with E-state index in [1.807, 2.05) is 0 Å². The van der Waals surface area contributed by atoms with E-state index in [2.05, 4.69) is 37.2 Å². The standard InChI is InChI=1S/C11H16N8/c1-18-4-2-8(6-18)14-10-15-9(12)16-11(17-10)19-5-3-13-7-19/h3,5,7-8H,2,4,6H2,1H3,(H3,12,14,15,16,17). The molecular weight excluding hydrogens is 244 g/mol. The van der Waals surface area contributed by atoms with Gasteiger partial charge in [-0.15, -0.1) is 0 Å². The molecule has 0 bridgehead atoms. The van der Waals surface area contributed by atoms with Crippen LogP contribution in [0.1, 0.15) is 6.42 Å². The highest BCUT2D eigenvalue weighted by molar-refractivity contribution is 5.36. The zero-order valence-electron chi connectivity index (χ0n) is 10.7. The molecule has 0 amide bonds. The Hall–Kier alpha value is -2.22. The normalized spacial score (nSPS) is 19.7. The van der Waals surface area contributed by atoms with Crippen molar-refractivity contribution in [3.8, 4) is 5.95 Å². The van der Waals surface area contributed by atoms with E-state index in [1.165, 1.54) is 0 Å². The third-order valence-electron chi connectivity index (χ3n) is 3.10. The summed E-state index contributed by atoms with van der Waals surface area (Å²) in [5.41, 5.74) is 5.72. The van der Waals surface area contributed by atoms with E-state index in [-0.39, 0.29) is 5.95 Å². The molecule has 0 saturated carbocycles. The van der Waals surface area contributed by atoms with Crippen LogP contribution in [0.2, 0.25) is 0 Å². The van der Waals surface area contributed by atoms with Gasteiger partial charge in [-0.05, 0) is 20.0 Å². The van der Waals surface area contributed by atoms with E-state index in [1.54, 1.807) is 23.3 Å². The van der Waals surface area contributed by atoms with Gasteiger partial charge in [0.2, 0.25) is 17.8 Å². The summed E-state index contributed by atoms with van der Waals surface area (Å²) in [5, 5.41) is 3.30. The Kier molecular flexibility index (Phi) is 3.00. The summed E-state index contributed by atoms with van der Waals surface area (Å²) < 4.78 is 1.70. The molecule has 1 saturated heterocycles. The Labute approximate surface area is 110 Å². The molecule has 0 spiro atoms. The van der Waals surface area contributed by atoms with Gasteiger partial charge in [0, 0.05) is 25.0 Å². The first-order valence-corrected chi connectivity index (χ1v) is 6.15. The number of nitrogens with zero attached hydrogens (tertiary/aromatic N) is 6. The Balaban J connectivity index is 1.82. The van der Waals surface area contributed by atoms with Gasteiger partial charge in [-0.1, -0.05) is 0 Å². The summed E-state index contributed by atoms with van der Waals surface area (Å²) in [6.07, 6.45) is 6.13. The molecular formula is C11H16N8. The molecule has 1 aliphatic heterocycles. The number of nitrogen functional groups attached to an aromatic ring is 1. The number of nitrogens with one attached hydrogen (secondary N) is 1. The van der Waals surface area contributed by atoms with Crippen LogP contribution in [0.5, 0.6) is 0 Å². The second-order valence-corrected chi connectivity index (χ2v) is 4.68. The molecule has 2 aromatic heterocycles. The maximum atomic E-state index is 5.72. The van der Waals surface area contributed by atoms with Crippen LogP contribution >= 0.6 is 0 Å². The quantitative estimate of drug-likeness (QED) is 0.785. The molecule has 2 aromatic rings. The highest BCUT2D eigenvalue weighted by Crippen LogP contribution is 2.13. The lowest BCUT2D eigenvalue weighted by molar-refractivity contribution is 0.414. The van der Waals surface area contributed by atoms with Gasteiger partial charge in [0.15, 0.2) is 0 Å². The molecule has 1 unspecified atom stereocenters. The summed E-state index contributed by atoms with van der Waals surface area (Å²) in [6.45, 7) is 2.05. The SMILES string of the molecule is CN1CCC(Nc2nc(N)nc(-n3ccnc3)n2)C1. The van der Waals surface area contributed by atoms with E-state index < -0.39 is 0 Å². The van der Waals surface area contributed by atoms with Crippen molar-refractivity contribution in [1.82, 2.24) is 29.4 Å². The van der Waals surface area contributed by atoms with Crippen molar-refractivity contribution in [2.24, 2.45) is 0 Å². The Morgan fingerprint density at radius 2 is 2.26 bits per heavy atom. The van der Waals surface area contributed by atoms with Gasteiger partial charge in [0.05, 0.1) is 0 Å². The number of hydrogen-bond acceptors (Lipinski definition) is 7. The predicted octanol–water partition coefficient (Wildman–Crippen LogP) is -0.244. The van der Waals surface area contributed by atoms with Crippen molar-refractivity contribution in [2.45, 2.75) is 12.5 Å². The van der Waals surface area contributed by atoms with Gasteiger partial charge in [-0.2, -0.15) is 15.0 Å². The maximum Gasteiger partial charge on any atom is 0.241 e. The van der Waals surface area contributed by atoms with Crippen molar-refractivity contribution < 1.29 is 0 Å².